The van der Waals surface area contributed by atoms with Gasteiger partial charge in [0.1, 0.15) is 0 Å². The van der Waals surface area contributed by atoms with E-state index in [2.05, 4.69) is 0 Å². The normalized spacial score (nSPS) is 23.4. The maximum atomic E-state index is 13.8. The van der Waals surface area contributed by atoms with Gasteiger partial charge in [0, 0.05) is 25.2 Å². The number of benzene rings is 3. The van der Waals surface area contributed by atoms with Crippen LogP contribution in [0, 0.1) is 19.8 Å². The molecule has 2 heterocycles. The number of aryl methyl sites for hydroxylation is 2. The topological polar surface area (TPSA) is 74.8 Å². The Labute approximate surface area is 214 Å². The van der Waals surface area contributed by atoms with Crippen LogP contribution in [0.15, 0.2) is 88.7 Å². The highest BCUT2D eigenvalue weighted by Crippen LogP contribution is 2.41. The Hall–Kier alpha value is -2.52. The molecule has 8 heteroatoms. The fourth-order valence-corrected chi connectivity index (χ4v) is 9.09. The molecule has 0 aliphatic carbocycles. The largest absolute Gasteiger partial charge is 0.243 e. The first kappa shape index (κ1) is 25.1. The third-order valence-electron chi connectivity index (χ3n) is 7.60. The monoisotopic (exact) mass is 524 g/mol. The highest BCUT2D eigenvalue weighted by molar-refractivity contribution is 7.89. The molecule has 36 heavy (non-hydrogen) atoms. The lowest BCUT2D eigenvalue weighted by molar-refractivity contribution is 0.138. The summed E-state index contributed by atoms with van der Waals surface area (Å²) in [6.07, 6.45) is 1.66. The molecule has 3 aromatic carbocycles. The van der Waals surface area contributed by atoms with Gasteiger partial charge < -0.3 is 0 Å². The minimum Gasteiger partial charge on any atom is -0.207 e. The molecule has 0 bridgehead atoms. The van der Waals surface area contributed by atoms with Crippen LogP contribution in [0.4, 0.5) is 0 Å². The van der Waals surface area contributed by atoms with Gasteiger partial charge >= 0.3 is 0 Å². The lowest BCUT2D eigenvalue weighted by atomic mass is 9.83. The predicted molar refractivity (Wildman–Crippen MR) is 141 cm³/mol. The molecule has 0 spiro atoms. The summed E-state index contributed by atoms with van der Waals surface area (Å²) in [6, 6.07) is 23.2. The van der Waals surface area contributed by atoms with Crippen LogP contribution >= 0.6 is 0 Å². The molecule has 0 saturated carbocycles. The van der Waals surface area contributed by atoms with Crippen molar-refractivity contribution in [1.82, 2.24) is 8.61 Å². The van der Waals surface area contributed by atoms with E-state index in [-0.39, 0.29) is 29.4 Å². The van der Waals surface area contributed by atoms with Crippen LogP contribution < -0.4 is 0 Å². The van der Waals surface area contributed by atoms with E-state index in [1.165, 1.54) is 0 Å². The number of hydrogen-bond donors (Lipinski definition) is 0. The Morgan fingerprint density at radius 3 is 1.72 bits per heavy atom. The van der Waals surface area contributed by atoms with Crippen LogP contribution in [0.25, 0.3) is 0 Å². The summed E-state index contributed by atoms with van der Waals surface area (Å²) in [7, 11) is -7.40. The molecule has 6 nitrogen and oxygen atoms in total. The lowest BCUT2D eigenvalue weighted by Gasteiger charge is -2.43. The standard InChI is InChI=1S/C28H32N2O4S2/c1-21-8-12-24(13-9-21)35(31,32)29-18-16-26-27(29)17-19-30(28(26)20-23-6-4-3-5-7-23)36(33,34)25-14-10-22(2)11-15-25/h3-15,26-28H,16-20H2,1-2H3/t26-,27-,28+/m0/s1. The van der Waals surface area contributed by atoms with Crippen molar-refractivity contribution in [1.29, 1.82) is 0 Å². The SMILES string of the molecule is Cc1ccc(S(=O)(=O)N2CC[C@H]3[C@H](CCN3S(=O)(=O)c3ccc(C)cc3)[C@H]2Cc2ccccc2)cc1. The molecule has 0 amide bonds. The van der Waals surface area contributed by atoms with Crippen LogP contribution in [0.5, 0.6) is 0 Å². The van der Waals surface area contributed by atoms with Gasteiger partial charge in [-0.05, 0) is 68.9 Å². The molecule has 0 N–H and O–H groups in total. The van der Waals surface area contributed by atoms with Crippen LogP contribution in [0.1, 0.15) is 29.5 Å². The number of piperidine rings is 1. The quantitative estimate of drug-likeness (QED) is 0.479. The first-order chi connectivity index (χ1) is 17.2. The maximum absolute atomic E-state index is 13.8. The van der Waals surface area contributed by atoms with Gasteiger partial charge in [0.05, 0.1) is 9.79 Å². The second-order valence-electron chi connectivity index (χ2n) is 9.92. The van der Waals surface area contributed by atoms with Gasteiger partial charge in [-0.1, -0.05) is 65.7 Å². The molecule has 2 saturated heterocycles. The van der Waals surface area contributed by atoms with E-state index in [0.717, 1.165) is 16.7 Å². The summed E-state index contributed by atoms with van der Waals surface area (Å²) in [6.45, 7) is 4.55. The maximum Gasteiger partial charge on any atom is 0.243 e. The zero-order valence-electron chi connectivity index (χ0n) is 20.6. The molecule has 2 fully saturated rings. The van der Waals surface area contributed by atoms with Gasteiger partial charge in [-0.3, -0.25) is 0 Å². The zero-order valence-corrected chi connectivity index (χ0v) is 22.3. The molecule has 0 radical (unpaired) electrons. The Kier molecular flexibility index (Phi) is 6.80. The summed E-state index contributed by atoms with van der Waals surface area (Å²) in [4.78, 5) is 0.579. The third-order valence-corrected chi connectivity index (χ3v) is 11.5. The average Bonchev–Trinajstić information content (AvgIpc) is 3.31. The summed E-state index contributed by atoms with van der Waals surface area (Å²) < 4.78 is 58.1. The molecule has 3 aromatic rings. The minimum absolute atomic E-state index is 0.0839. The smallest absolute Gasteiger partial charge is 0.207 e. The summed E-state index contributed by atoms with van der Waals surface area (Å²) >= 11 is 0. The van der Waals surface area contributed by atoms with Crippen molar-refractivity contribution in [3.05, 3.63) is 95.6 Å². The summed E-state index contributed by atoms with van der Waals surface area (Å²) in [5.41, 5.74) is 3.05. The van der Waals surface area contributed by atoms with E-state index in [1.54, 1.807) is 32.9 Å². The van der Waals surface area contributed by atoms with Crippen molar-refractivity contribution in [2.45, 2.75) is 55.0 Å². The molecule has 190 valence electrons. The Balaban J connectivity index is 1.50. The molecule has 5 rings (SSSR count). The third kappa shape index (κ3) is 4.63. The van der Waals surface area contributed by atoms with Gasteiger partial charge in [0.2, 0.25) is 20.0 Å². The summed E-state index contributed by atoms with van der Waals surface area (Å²) in [5.74, 6) is -0.0839. The number of hydrogen-bond acceptors (Lipinski definition) is 4. The van der Waals surface area contributed by atoms with Crippen molar-refractivity contribution >= 4 is 20.0 Å². The van der Waals surface area contributed by atoms with Crippen molar-refractivity contribution in [3.8, 4) is 0 Å². The van der Waals surface area contributed by atoms with E-state index in [9.17, 15) is 16.8 Å². The fraction of sp³-hybridized carbons (Fsp3) is 0.357. The number of fused-ring (bicyclic) bond motifs is 1. The van der Waals surface area contributed by atoms with Crippen LogP contribution in [0.3, 0.4) is 0 Å². The summed E-state index contributed by atoms with van der Waals surface area (Å²) in [5, 5.41) is 0. The van der Waals surface area contributed by atoms with E-state index in [0.29, 0.717) is 30.7 Å². The second-order valence-corrected chi connectivity index (χ2v) is 13.7. The van der Waals surface area contributed by atoms with Crippen molar-refractivity contribution in [2.24, 2.45) is 5.92 Å². The van der Waals surface area contributed by atoms with Gasteiger partial charge in [-0.15, -0.1) is 0 Å². The van der Waals surface area contributed by atoms with Gasteiger partial charge in [0.25, 0.3) is 0 Å². The zero-order chi connectivity index (χ0) is 25.5. The number of rotatable bonds is 6. The predicted octanol–water partition coefficient (Wildman–Crippen LogP) is 4.39. The molecular formula is C28H32N2O4S2. The van der Waals surface area contributed by atoms with E-state index >= 15 is 0 Å². The lowest BCUT2D eigenvalue weighted by Crippen LogP contribution is -2.55. The highest BCUT2D eigenvalue weighted by Gasteiger charge is 2.51. The van der Waals surface area contributed by atoms with Gasteiger partial charge in [0.15, 0.2) is 0 Å². The average molecular weight is 525 g/mol. The fourth-order valence-electron chi connectivity index (χ4n) is 5.69. The van der Waals surface area contributed by atoms with Gasteiger partial charge in [-0.25, -0.2) is 16.8 Å². The molecule has 2 aliphatic rings. The molecule has 3 atom stereocenters. The van der Waals surface area contributed by atoms with Crippen molar-refractivity contribution in [3.63, 3.8) is 0 Å². The van der Waals surface area contributed by atoms with E-state index in [4.69, 9.17) is 0 Å². The van der Waals surface area contributed by atoms with E-state index < -0.39 is 20.0 Å². The second kappa shape index (κ2) is 9.74. The number of nitrogens with zero attached hydrogens (tertiary/aromatic N) is 2. The molecular weight excluding hydrogens is 492 g/mol. The van der Waals surface area contributed by atoms with Crippen LogP contribution in [-0.4, -0.2) is 50.6 Å². The first-order valence-corrected chi connectivity index (χ1v) is 15.3. The first-order valence-electron chi connectivity index (χ1n) is 12.4. The van der Waals surface area contributed by atoms with Crippen LogP contribution in [-0.2, 0) is 26.5 Å². The molecule has 0 aromatic heterocycles. The minimum atomic E-state index is -3.73. The van der Waals surface area contributed by atoms with Crippen molar-refractivity contribution in [2.75, 3.05) is 13.1 Å². The van der Waals surface area contributed by atoms with Gasteiger partial charge in [-0.2, -0.15) is 8.61 Å². The molecule has 2 aliphatic heterocycles. The molecule has 0 unspecified atom stereocenters. The van der Waals surface area contributed by atoms with Crippen LogP contribution in [0.2, 0.25) is 0 Å². The Morgan fingerprint density at radius 2 is 1.17 bits per heavy atom. The Morgan fingerprint density at radius 1 is 0.667 bits per heavy atom. The van der Waals surface area contributed by atoms with Crippen molar-refractivity contribution < 1.29 is 16.8 Å². The van der Waals surface area contributed by atoms with E-state index in [1.807, 2.05) is 68.4 Å². The highest BCUT2D eigenvalue weighted by atomic mass is 32.2. The number of sulfonamides is 2. The Bertz CT molecular complexity index is 1420.